The number of benzene rings is 2. The van der Waals surface area contributed by atoms with Crippen molar-refractivity contribution in [1.82, 2.24) is 15.4 Å². The van der Waals surface area contributed by atoms with E-state index in [9.17, 15) is 19.2 Å². The van der Waals surface area contributed by atoms with Crippen LogP contribution in [0.4, 0.5) is 5.69 Å². The molecule has 0 bridgehead atoms. The average molecular weight is 428 g/mol. The Morgan fingerprint density at radius 3 is 2.25 bits per heavy atom. The van der Waals surface area contributed by atoms with Gasteiger partial charge in [0.25, 0.3) is 17.7 Å². The number of carbonyl (C=O) groups excluding carboxylic acids is 4. The van der Waals surface area contributed by atoms with E-state index in [1.165, 1.54) is 24.5 Å². The SMILES string of the molecule is Cc1ccc(N2C(=O)CC(N(NC(=O)c3ccncc3)C(=O)c3ccccc3)C2=O)cc1. The molecule has 160 valence electrons. The van der Waals surface area contributed by atoms with E-state index in [1.807, 2.05) is 6.92 Å². The Kier molecular flexibility index (Phi) is 5.76. The number of aryl methyl sites for hydroxylation is 1. The fraction of sp³-hybridized carbons (Fsp3) is 0.125. The van der Waals surface area contributed by atoms with E-state index >= 15 is 0 Å². The summed E-state index contributed by atoms with van der Waals surface area (Å²) in [5, 5.41) is 0.951. The lowest BCUT2D eigenvalue weighted by Crippen LogP contribution is -2.54. The highest BCUT2D eigenvalue weighted by atomic mass is 16.2. The Hall–Kier alpha value is -4.33. The quantitative estimate of drug-likeness (QED) is 0.508. The molecule has 1 aliphatic rings. The van der Waals surface area contributed by atoms with Crippen LogP contribution in [0.5, 0.6) is 0 Å². The van der Waals surface area contributed by atoms with Crippen molar-refractivity contribution in [2.24, 2.45) is 0 Å². The first kappa shape index (κ1) is 20.9. The van der Waals surface area contributed by atoms with Gasteiger partial charge in [0.2, 0.25) is 5.91 Å². The minimum absolute atomic E-state index is 0.248. The largest absolute Gasteiger partial charge is 0.274 e. The van der Waals surface area contributed by atoms with Gasteiger partial charge >= 0.3 is 0 Å². The van der Waals surface area contributed by atoms with Gasteiger partial charge in [-0.15, -0.1) is 0 Å². The van der Waals surface area contributed by atoms with E-state index in [0.29, 0.717) is 5.69 Å². The molecule has 0 aliphatic carbocycles. The van der Waals surface area contributed by atoms with Crippen LogP contribution in [0.25, 0.3) is 0 Å². The number of anilines is 1. The van der Waals surface area contributed by atoms with Gasteiger partial charge < -0.3 is 0 Å². The first-order valence-corrected chi connectivity index (χ1v) is 9.99. The third kappa shape index (κ3) is 4.11. The van der Waals surface area contributed by atoms with Crippen LogP contribution in [-0.4, -0.2) is 39.7 Å². The number of nitrogens with zero attached hydrogens (tertiary/aromatic N) is 3. The zero-order chi connectivity index (χ0) is 22.7. The van der Waals surface area contributed by atoms with Gasteiger partial charge in [-0.05, 0) is 43.3 Å². The van der Waals surface area contributed by atoms with Gasteiger partial charge in [0.15, 0.2) is 0 Å². The molecule has 0 saturated carbocycles. The van der Waals surface area contributed by atoms with Crippen LogP contribution >= 0.6 is 0 Å². The van der Waals surface area contributed by atoms with Crippen LogP contribution in [-0.2, 0) is 9.59 Å². The molecule has 1 fully saturated rings. The maximum absolute atomic E-state index is 13.3. The molecule has 32 heavy (non-hydrogen) atoms. The smallest absolute Gasteiger partial charge is 0.273 e. The van der Waals surface area contributed by atoms with Crippen molar-refractivity contribution in [1.29, 1.82) is 0 Å². The maximum Gasteiger partial charge on any atom is 0.273 e. The number of hydrogen-bond acceptors (Lipinski definition) is 5. The Morgan fingerprint density at radius 2 is 1.59 bits per heavy atom. The molecule has 0 spiro atoms. The van der Waals surface area contributed by atoms with E-state index < -0.39 is 29.7 Å². The minimum Gasteiger partial charge on any atom is -0.274 e. The van der Waals surface area contributed by atoms with E-state index in [0.717, 1.165) is 15.5 Å². The normalized spacial score (nSPS) is 15.5. The molecule has 0 radical (unpaired) electrons. The highest BCUT2D eigenvalue weighted by Crippen LogP contribution is 2.26. The van der Waals surface area contributed by atoms with Gasteiger partial charge in [0.1, 0.15) is 6.04 Å². The van der Waals surface area contributed by atoms with Gasteiger partial charge in [-0.2, -0.15) is 0 Å². The summed E-state index contributed by atoms with van der Waals surface area (Å²) < 4.78 is 0. The molecule has 1 saturated heterocycles. The number of carbonyl (C=O) groups is 4. The standard InChI is InChI=1S/C24H20N4O4/c1-16-7-9-19(10-8-16)27-21(29)15-20(24(27)32)28(23(31)18-5-3-2-4-6-18)26-22(30)17-11-13-25-14-12-17/h2-14,20H,15H2,1H3,(H,26,30). The van der Waals surface area contributed by atoms with Gasteiger partial charge in [-0.1, -0.05) is 35.9 Å². The van der Waals surface area contributed by atoms with Crippen molar-refractivity contribution < 1.29 is 19.2 Å². The van der Waals surface area contributed by atoms with Crippen LogP contribution in [0, 0.1) is 6.92 Å². The first-order chi connectivity index (χ1) is 15.5. The molecule has 2 heterocycles. The summed E-state index contributed by atoms with van der Waals surface area (Å²) in [6.45, 7) is 1.90. The van der Waals surface area contributed by atoms with Crippen molar-refractivity contribution in [2.45, 2.75) is 19.4 Å². The van der Waals surface area contributed by atoms with Gasteiger partial charge in [0, 0.05) is 23.5 Å². The average Bonchev–Trinajstić information content (AvgIpc) is 3.12. The molecule has 1 atom stereocenters. The molecule has 1 N–H and O–H groups in total. The number of aromatic nitrogens is 1. The third-order valence-electron chi connectivity index (χ3n) is 5.13. The summed E-state index contributed by atoms with van der Waals surface area (Å²) in [5.74, 6) is -2.22. The van der Waals surface area contributed by atoms with Crippen molar-refractivity contribution >= 4 is 29.3 Å². The number of nitrogens with one attached hydrogen (secondary N) is 1. The van der Waals surface area contributed by atoms with E-state index in [2.05, 4.69) is 10.4 Å². The third-order valence-corrected chi connectivity index (χ3v) is 5.13. The summed E-state index contributed by atoms with van der Waals surface area (Å²) in [7, 11) is 0. The number of pyridine rings is 1. The maximum atomic E-state index is 13.3. The second-order valence-electron chi connectivity index (χ2n) is 7.34. The molecule has 1 aliphatic heterocycles. The fourth-order valence-electron chi connectivity index (χ4n) is 3.45. The summed E-state index contributed by atoms with van der Waals surface area (Å²) >= 11 is 0. The van der Waals surface area contributed by atoms with E-state index in [-0.39, 0.29) is 17.5 Å². The lowest BCUT2D eigenvalue weighted by molar-refractivity contribution is -0.122. The molecule has 8 nitrogen and oxygen atoms in total. The van der Waals surface area contributed by atoms with Crippen LogP contribution in [0.15, 0.2) is 79.1 Å². The molecule has 2 aromatic carbocycles. The minimum atomic E-state index is -1.18. The molecular weight excluding hydrogens is 408 g/mol. The van der Waals surface area contributed by atoms with Crippen molar-refractivity contribution in [3.63, 3.8) is 0 Å². The van der Waals surface area contributed by atoms with Crippen molar-refractivity contribution in [3.05, 3.63) is 95.8 Å². The highest BCUT2D eigenvalue weighted by Gasteiger charge is 2.45. The predicted molar refractivity (Wildman–Crippen MR) is 116 cm³/mol. The monoisotopic (exact) mass is 428 g/mol. The Balaban J connectivity index is 1.67. The molecular formula is C24H20N4O4. The van der Waals surface area contributed by atoms with Crippen LogP contribution in [0.3, 0.4) is 0 Å². The molecule has 8 heteroatoms. The molecule has 4 amide bonds. The summed E-state index contributed by atoms with van der Waals surface area (Å²) in [5.41, 5.74) is 4.46. The van der Waals surface area contributed by atoms with E-state index in [1.54, 1.807) is 54.6 Å². The Labute approximate surface area is 184 Å². The van der Waals surface area contributed by atoms with E-state index in [4.69, 9.17) is 0 Å². The summed E-state index contributed by atoms with van der Waals surface area (Å²) in [4.78, 5) is 57.0. The second-order valence-corrected chi connectivity index (χ2v) is 7.34. The number of amides is 4. The van der Waals surface area contributed by atoms with Crippen molar-refractivity contribution in [3.8, 4) is 0 Å². The Morgan fingerprint density at radius 1 is 0.938 bits per heavy atom. The van der Waals surface area contributed by atoms with Crippen LogP contribution in [0.1, 0.15) is 32.7 Å². The zero-order valence-corrected chi connectivity index (χ0v) is 17.3. The highest BCUT2D eigenvalue weighted by molar-refractivity contribution is 6.23. The first-order valence-electron chi connectivity index (χ1n) is 9.99. The second kappa shape index (κ2) is 8.81. The number of hydrogen-bond donors (Lipinski definition) is 1. The number of rotatable bonds is 4. The van der Waals surface area contributed by atoms with Gasteiger partial charge in [-0.3, -0.25) is 29.6 Å². The number of imide groups is 1. The summed E-state index contributed by atoms with van der Waals surface area (Å²) in [6.07, 6.45) is 2.64. The molecule has 1 aromatic heterocycles. The lowest BCUT2D eigenvalue weighted by Gasteiger charge is -2.28. The topological polar surface area (TPSA) is 99.7 Å². The van der Waals surface area contributed by atoms with Gasteiger partial charge in [0.05, 0.1) is 12.1 Å². The van der Waals surface area contributed by atoms with Crippen LogP contribution in [0.2, 0.25) is 0 Å². The van der Waals surface area contributed by atoms with Gasteiger partial charge in [-0.25, -0.2) is 9.91 Å². The zero-order valence-electron chi connectivity index (χ0n) is 17.3. The summed E-state index contributed by atoms with van der Waals surface area (Å²) in [6, 6.07) is 17.0. The molecule has 1 unspecified atom stereocenters. The Bertz CT molecular complexity index is 1160. The van der Waals surface area contributed by atoms with Crippen molar-refractivity contribution in [2.75, 3.05) is 4.90 Å². The fourth-order valence-corrected chi connectivity index (χ4v) is 3.45. The lowest BCUT2D eigenvalue weighted by atomic mass is 10.1. The molecule has 3 aromatic rings. The van der Waals surface area contributed by atoms with Crippen LogP contribution < -0.4 is 10.3 Å². The number of hydrazine groups is 1. The predicted octanol–water partition coefficient (Wildman–Crippen LogP) is 2.51. The molecule has 4 rings (SSSR count).